The van der Waals surface area contributed by atoms with Gasteiger partial charge in [-0.2, -0.15) is 4.98 Å². The van der Waals surface area contributed by atoms with Gasteiger partial charge in [-0.25, -0.2) is 9.97 Å². The first-order valence-electron chi connectivity index (χ1n) is 12.4. The van der Waals surface area contributed by atoms with Gasteiger partial charge in [0, 0.05) is 38.3 Å². The van der Waals surface area contributed by atoms with Gasteiger partial charge in [0.05, 0.1) is 25.4 Å². The van der Waals surface area contributed by atoms with Crippen molar-refractivity contribution in [3.8, 4) is 22.8 Å². The number of piperazine rings is 1. The quantitative estimate of drug-likeness (QED) is 0.359. The molecule has 0 aliphatic carbocycles. The number of hydrogen-bond acceptors (Lipinski definition) is 8. The van der Waals surface area contributed by atoms with Gasteiger partial charge in [0.15, 0.2) is 22.4 Å². The number of pyridine rings is 1. The fraction of sp³-hybridized carbons (Fsp3) is 0.286. The summed E-state index contributed by atoms with van der Waals surface area (Å²) in [7, 11) is 3.24. The minimum Gasteiger partial charge on any atom is -0.493 e. The number of nitrogens with two attached hydrogens (primary N) is 1. The predicted molar refractivity (Wildman–Crippen MR) is 155 cm³/mol. The zero-order valence-corrected chi connectivity index (χ0v) is 22.6. The van der Waals surface area contributed by atoms with Crippen molar-refractivity contribution >= 4 is 40.1 Å². The van der Waals surface area contributed by atoms with Crippen LogP contribution in [0.2, 0.25) is 0 Å². The maximum atomic E-state index is 6.08. The average Bonchev–Trinajstić information content (AvgIpc) is 2.95. The van der Waals surface area contributed by atoms with E-state index in [0.29, 0.717) is 29.1 Å². The van der Waals surface area contributed by atoms with Gasteiger partial charge in [0.2, 0.25) is 5.95 Å². The number of nitrogens with one attached hydrogen (secondary N) is 1. The molecule has 9 nitrogen and oxygen atoms in total. The van der Waals surface area contributed by atoms with Gasteiger partial charge in [0.1, 0.15) is 5.52 Å². The lowest BCUT2D eigenvalue weighted by Gasteiger charge is -2.37. The first-order chi connectivity index (χ1) is 18.4. The smallest absolute Gasteiger partial charge is 0.222 e. The lowest BCUT2D eigenvalue weighted by atomic mass is 10.1. The molecule has 0 amide bonds. The third kappa shape index (κ3) is 5.40. The minimum atomic E-state index is 0.228. The first-order valence-corrected chi connectivity index (χ1v) is 12.9. The Morgan fingerprint density at radius 2 is 1.66 bits per heavy atom. The number of anilines is 2. The SMILES string of the molecule is COc1ccc(-c2ccc3nc(N)nc(N4CCN(C(=S)NCc5ccc(C)cc5)CC4)c3n2)cc1OC. The molecular formula is C28H31N7O2S. The average molecular weight is 530 g/mol. The van der Waals surface area contributed by atoms with Crippen LogP contribution in [-0.2, 0) is 6.54 Å². The van der Waals surface area contributed by atoms with Gasteiger partial charge in [-0.15, -0.1) is 0 Å². The monoisotopic (exact) mass is 529 g/mol. The van der Waals surface area contributed by atoms with Crippen molar-refractivity contribution in [3.05, 3.63) is 65.7 Å². The molecule has 2 aromatic carbocycles. The molecular weight excluding hydrogens is 498 g/mol. The summed E-state index contributed by atoms with van der Waals surface area (Å²) >= 11 is 5.68. The van der Waals surface area contributed by atoms with Crippen LogP contribution in [0.1, 0.15) is 11.1 Å². The van der Waals surface area contributed by atoms with E-state index in [0.717, 1.165) is 48.4 Å². The van der Waals surface area contributed by atoms with Crippen molar-refractivity contribution < 1.29 is 9.47 Å². The number of fused-ring (bicyclic) bond motifs is 1. The van der Waals surface area contributed by atoms with E-state index < -0.39 is 0 Å². The molecule has 4 aromatic rings. The summed E-state index contributed by atoms with van der Waals surface area (Å²) in [5.41, 5.74) is 11.6. The molecule has 5 rings (SSSR count). The van der Waals surface area contributed by atoms with E-state index in [-0.39, 0.29) is 5.95 Å². The molecule has 1 fully saturated rings. The van der Waals surface area contributed by atoms with E-state index >= 15 is 0 Å². The van der Waals surface area contributed by atoms with Crippen LogP contribution >= 0.6 is 12.2 Å². The topological polar surface area (TPSA) is 102 Å². The van der Waals surface area contributed by atoms with Crippen molar-refractivity contribution in [1.82, 2.24) is 25.2 Å². The Hall–Kier alpha value is -4.18. The maximum absolute atomic E-state index is 6.08. The van der Waals surface area contributed by atoms with Gasteiger partial charge >= 0.3 is 0 Å². The van der Waals surface area contributed by atoms with Crippen LogP contribution in [0.4, 0.5) is 11.8 Å². The van der Waals surface area contributed by atoms with E-state index in [1.54, 1.807) is 14.2 Å². The maximum Gasteiger partial charge on any atom is 0.222 e. The van der Waals surface area contributed by atoms with Crippen LogP contribution in [-0.4, -0.2) is 65.4 Å². The molecule has 0 bridgehead atoms. The summed E-state index contributed by atoms with van der Waals surface area (Å²) in [6, 6.07) is 18.1. The van der Waals surface area contributed by atoms with Crippen molar-refractivity contribution in [1.29, 1.82) is 0 Å². The highest BCUT2D eigenvalue weighted by Gasteiger charge is 2.23. The fourth-order valence-corrected chi connectivity index (χ4v) is 4.76. The Balaban J connectivity index is 1.33. The van der Waals surface area contributed by atoms with Gasteiger partial charge in [0.25, 0.3) is 0 Å². The summed E-state index contributed by atoms with van der Waals surface area (Å²) in [6.07, 6.45) is 0. The number of thiocarbonyl (C=S) groups is 1. The predicted octanol–water partition coefficient (Wildman–Crippen LogP) is 3.80. The third-order valence-corrected chi connectivity index (χ3v) is 7.05. The van der Waals surface area contributed by atoms with Gasteiger partial charge in [-0.3, -0.25) is 0 Å². The number of hydrogen-bond donors (Lipinski definition) is 2. The number of methoxy groups -OCH3 is 2. The molecule has 196 valence electrons. The highest BCUT2D eigenvalue weighted by Crippen LogP contribution is 2.33. The Kier molecular flexibility index (Phi) is 7.41. The van der Waals surface area contributed by atoms with Crippen LogP contribution in [0.5, 0.6) is 11.5 Å². The van der Waals surface area contributed by atoms with E-state index in [9.17, 15) is 0 Å². The van der Waals surface area contributed by atoms with Crippen molar-refractivity contribution in [2.24, 2.45) is 0 Å². The van der Waals surface area contributed by atoms with Crippen LogP contribution in [0, 0.1) is 6.92 Å². The second kappa shape index (κ2) is 11.1. The highest BCUT2D eigenvalue weighted by molar-refractivity contribution is 7.80. The number of aryl methyl sites for hydroxylation is 1. The lowest BCUT2D eigenvalue weighted by molar-refractivity contribution is 0.355. The molecule has 38 heavy (non-hydrogen) atoms. The zero-order valence-electron chi connectivity index (χ0n) is 21.8. The van der Waals surface area contributed by atoms with Crippen LogP contribution in [0.25, 0.3) is 22.3 Å². The normalized spacial score (nSPS) is 13.4. The number of nitrogen functional groups attached to an aromatic ring is 1. The minimum absolute atomic E-state index is 0.228. The zero-order chi connectivity index (χ0) is 26.6. The summed E-state index contributed by atoms with van der Waals surface area (Å²) in [5.74, 6) is 2.26. The van der Waals surface area contributed by atoms with E-state index in [4.69, 9.17) is 32.4 Å². The molecule has 10 heteroatoms. The lowest BCUT2D eigenvalue weighted by Crippen LogP contribution is -2.51. The number of rotatable bonds is 6. The molecule has 0 unspecified atom stereocenters. The number of benzene rings is 2. The van der Waals surface area contributed by atoms with Crippen LogP contribution < -0.4 is 25.4 Å². The molecule has 1 saturated heterocycles. The summed E-state index contributed by atoms with van der Waals surface area (Å²) in [4.78, 5) is 18.3. The Labute approximate surface area is 227 Å². The first kappa shape index (κ1) is 25.5. The molecule has 0 radical (unpaired) electrons. The third-order valence-electron chi connectivity index (χ3n) is 6.65. The summed E-state index contributed by atoms with van der Waals surface area (Å²) in [6.45, 7) is 5.79. The molecule has 2 aromatic heterocycles. The van der Waals surface area contributed by atoms with E-state index in [2.05, 4.69) is 56.3 Å². The number of aromatic nitrogens is 3. The molecule has 0 atom stereocenters. The van der Waals surface area contributed by atoms with Gasteiger partial charge < -0.3 is 30.3 Å². The van der Waals surface area contributed by atoms with E-state index in [1.807, 2.05) is 30.3 Å². The highest BCUT2D eigenvalue weighted by atomic mass is 32.1. The molecule has 1 aliphatic rings. The largest absolute Gasteiger partial charge is 0.493 e. The Morgan fingerprint density at radius 3 is 2.37 bits per heavy atom. The molecule has 1 aliphatic heterocycles. The van der Waals surface area contributed by atoms with Crippen LogP contribution in [0.15, 0.2) is 54.6 Å². The standard InChI is InChI=1S/C28H31N7O2S/c1-18-4-6-19(7-5-18)17-30-28(38)35-14-12-34(13-15-35)26-25-22(32-27(29)33-26)10-9-21(31-25)20-8-11-23(36-2)24(16-20)37-3/h4-11,16H,12-15,17H2,1-3H3,(H,30,38)(H2,29,32,33). The van der Waals surface area contributed by atoms with E-state index in [1.165, 1.54) is 11.1 Å². The second-order valence-corrected chi connectivity index (χ2v) is 9.54. The summed E-state index contributed by atoms with van der Waals surface area (Å²) < 4.78 is 10.8. The van der Waals surface area contributed by atoms with Crippen molar-refractivity contribution in [2.75, 3.05) is 51.0 Å². The molecule has 3 heterocycles. The van der Waals surface area contributed by atoms with Crippen molar-refractivity contribution in [3.63, 3.8) is 0 Å². The molecule has 0 spiro atoms. The molecule has 0 saturated carbocycles. The Bertz CT molecular complexity index is 1450. The van der Waals surface area contributed by atoms with Gasteiger partial charge in [-0.1, -0.05) is 29.8 Å². The van der Waals surface area contributed by atoms with Gasteiger partial charge in [-0.05, 0) is 55.0 Å². The van der Waals surface area contributed by atoms with Crippen molar-refractivity contribution in [2.45, 2.75) is 13.5 Å². The fourth-order valence-electron chi connectivity index (χ4n) is 4.51. The summed E-state index contributed by atoms with van der Waals surface area (Å²) in [5, 5.41) is 4.14. The second-order valence-electron chi connectivity index (χ2n) is 9.16. The number of nitrogens with zero attached hydrogens (tertiary/aromatic N) is 5. The molecule has 3 N–H and O–H groups in total. The number of ether oxygens (including phenoxy) is 2. The van der Waals surface area contributed by atoms with Crippen LogP contribution in [0.3, 0.4) is 0 Å². The Morgan fingerprint density at radius 1 is 0.921 bits per heavy atom.